The average Bonchev–Trinajstić information content (AvgIpc) is 2.59. The van der Waals surface area contributed by atoms with Gasteiger partial charge in [-0.1, -0.05) is 24.3 Å². The summed E-state index contributed by atoms with van der Waals surface area (Å²) in [7, 11) is 0. The first-order chi connectivity index (χ1) is 8.47. The Morgan fingerprint density at radius 2 is 2.06 bits per heavy atom. The average molecular weight is 241 g/mol. The molecular weight excluding hydrogens is 226 g/mol. The van der Waals surface area contributed by atoms with Gasteiger partial charge < -0.3 is 9.67 Å². The molecule has 2 N–H and O–H groups in total. The fourth-order valence-corrected chi connectivity index (χ4v) is 2.97. The molecule has 4 heteroatoms. The standard InChI is InChI=1S/C14H15N3O/c1-8-7-14(2,3)17-12-9(8)5-4-6-10(12)11(16-15)13(17)18/h4-7,15,18H,1-3H3. The number of nitrogens with one attached hydrogen (secondary N) is 1. The van der Waals surface area contributed by atoms with Crippen LogP contribution < -0.4 is 0 Å². The van der Waals surface area contributed by atoms with Crippen LogP contribution in [0, 0.1) is 5.53 Å². The smallest absolute Gasteiger partial charge is 0.221 e. The molecule has 2 heterocycles. The summed E-state index contributed by atoms with van der Waals surface area (Å²) >= 11 is 0. The lowest BCUT2D eigenvalue weighted by molar-refractivity contribution is 0.362. The van der Waals surface area contributed by atoms with Crippen LogP contribution in [0.15, 0.2) is 29.4 Å². The second-order valence-corrected chi connectivity index (χ2v) is 5.30. The molecule has 0 saturated heterocycles. The van der Waals surface area contributed by atoms with Crippen molar-refractivity contribution in [1.29, 1.82) is 5.53 Å². The number of para-hydroxylation sites is 1. The van der Waals surface area contributed by atoms with Crippen LogP contribution in [0.5, 0.6) is 5.88 Å². The van der Waals surface area contributed by atoms with Crippen LogP contribution in [0.1, 0.15) is 26.3 Å². The van der Waals surface area contributed by atoms with Crippen molar-refractivity contribution in [3.8, 4) is 5.88 Å². The Bertz CT molecular complexity index is 707. The third-order valence-electron chi connectivity index (χ3n) is 3.62. The highest BCUT2D eigenvalue weighted by atomic mass is 16.3. The third-order valence-corrected chi connectivity index (χ3v) is 3.62. The van der Waals surface area contributed by atoms with Gasteiger partial charge in [-0.2, -0.15) is 5.11 Å². The maximum atomic E-state index is 10.3. The molecule has 18 heavy (non-hydrogen) atoms. The lowest BCUT2D eigenvalue weighted by Gasteiger charge is -2.30. The van der Waals surface area contributed by atoms with Gasteiger partial charge in [-0.05, 0) is 26.3 Å². The van der Waals surface area contributed by atoms with Crippen molar-refractivity contribution in [2.75, 3.05) is 0 Å². The number of aromatic hydroxyl groups is 1. The van der Waals surface area contributed by atoms with Crippen LogP contribution in [0.4, 0.5) is 5.69 Å². The van der Waals surface area contributed by atoms with Gasteiger partial charge in [0.15, 0.2) is 5.69 Å². The second kappa shape index (κ2) is 3.22. The Morgan fingerprint density at radius 1 is 1.33 bits per heavy atom. The van der Waals surface area contributed by atoms with Crippen LogP contribution in [0.25, 0.3) is 16.5 Å². The van der Waals surface area contributed by atoms with E-state index in [0.29, 0.717) is 5.69 Å². The summed E-state index contributed by atoms with van der Waals surface area (Å²) in [5, 5.41) is 14.6. The molecule has 0 unspecified atom stereocenters. The number of hydrogen-bond acceptors (Lipinski definition) is 3. The van der Waals surface area contributed by atoms with Crippen molar-refractivity contribution in [3.63, 3.8) is 0 Å². The minimum absolute atomic E-state index is 0.0706. The summed E-state index contributed by atoms with van der Waals surface area (Å²) in [6.45, 7) is 6.15. The van der Waals surface area contributed by atoms with Gasteiger partial charge in [0, 0.05) is 10.9 Å². The van der Waals surface area contributed by atoms with E-state index in [1.165, 1.54) is 5.57 Å². The Kier molecular flexibility index (Phi) is 1.97. The molecule has 0 spiro atoms. The van der Waals surface area contributed by atoms with Crippen LogP contribution in [0.2, 0.25) is 0 Å². The normalized spacial score (nSPS) is 16.7. The van der Waals surface area contributed by atoms with Gasteiger partial charge in [-0.3, -0.25) is 0 Å². The highest BCUT2D eigenvalue weighted by molar-refractivity contribution is 6.02. The molecule has 0 radical (unpaired) electrons. The Hall–Kier alpha value is -2.10. The van der Waals surface area contributed by atoms with E-state index >= 15 is 0 Å². The quantitative estimate of drug-likeness (QED) is 0.723. The van der Waals surface area contributed by atoms with E-state index in [0.717, 1.165) is 16.5 Å². The van der Waals surface area contributed by atoms with Crippen molar-refractivity contribution in [2.24, 2.45) is 5.11 Å². The Balaban J connectivity index is 2.59. The van der Waals surface area contributed by atoms with Crippen molar-refractivity contribution in [2.45, 2.75) is 26.3 Å². The van der Waals surface area contributed by atoms with Crippen molar-refractivity contribution < 1.29 is 5.11 Å². The molecule has 0 amide bonds. The SMILES string of the molecule is CC1=CC(C)(C)n2c(O)c(N=N)c3cccc1c32. The third kappa shape index (κ3) is 1.15. The first kappa shape index (κ1) is 11.0. The second-order valence-electron chi connectivity index (χ2n) is 5.30. The fraction of sp³-hybridized carbons (Fsp3) is 0.286. The van der Waals surface area contributed by atoms with Gasteiger partial charge in [0.05, 0.1) is 11.1 Å². The topological polar surface area (TPSA) is 61.4 Å². The molecule has 2 aromatic rings. The number of benzene rings is 1. The summed E-state index contributed by atoms with van der Waals surface area (Å²) in [6.07, 6.45) is 2.13. The van der Waals surface area contributed by atoms with E-state index in [4.69, 9.17) is 5.53 Å². The first-order valence-electron chi connectivity index (χ1n) is 5.91. The fourth-order valence-electron chi connectivity index (χ4n) is 2.97. The number of rotatable bonds is 1. The number of nitrogens with zero attached hydrogens (tertiary/aromatic N) is 2. The van der Waals surface area contributed by atoms with E-state index in [9.17, 15) is 5.11 Å². The predicted molar refractivity (Wildman–Crippen MR) is 71.4 cm³/mol. The van der Waals surface area contributed by atoms with E-state index in [1.807, 2.05) is 36.6 Å². The molecule has 0 aliphatic carbocycles. The van der Waals surface area contributed by atoms with Gasteiger partial charge in [0.1, 0.15) is 0 Å². The molecule has 1 aromatic carbocycles. The zero-order valence-electron chi connectivity index (χ0n) is 10.7. The Labute approximate surface area is 105 Å². The summed E-state index contributed by atoms with van der Waals surface area (Å²) in [4.78, 5) is 0. The predicted octanol–water partition coefficient (Wildman–Crippen LogP) is 4.16. The zero-order chi connectivity index (χ0) is 13.1. The van der Waals surface area contributed by atoms with Gasteiger partial charge in [0.25, 0.3) is 0 Å². The number of hydrogen-bond donors (Lipinski definition) is 2. The van der Waals surface area contributed by atoms with Gasteiger partial charge >= 0.3 is 0 Å². The zero-order valence-corrected chi connectivity index (χ0v) is 10.7. The maximum Gasteiger partial charge on any atom is 0.221 e. The molecule has 1 aromatic heterocycles. The van der Waals surface area contributed by atoms with E-state index in [-0.39, 0.29) is 11.4 Å². The van der Waals surface area contributed by atoms with Crippen molar-refractivity contribution >= 4 is 22.2 Å². The first-order valence-corrected chi connectivity index (χ1v) is 5.91. The minimum atomic E-state index is -0.316. The summed E-state index contributed by atoms with van der Waals surface area (Å²) in [5.74, 6) is 0.0706. The molecule has 0 atom stereocenters. The van der Waals surface area contributed by atoms with Gasteiger partial charge in [0.2, 0.25) is 5.88 Å². The molecule has 4 nitrogen and oxygen atoms in total. The molecule has 1 aliphatic rings. The molecule has 0 fully saturated rings. The van der Waals surface area contributed by atoms with Crippen LogP contribution in [-0.2, 0) is 5.54 Å². The highest BCUT2D eigenvalue weighted by Gasteiger charge is 2.31. The molecule has 0 bridgehead atoms. The van der Waals surface area contributed by atoms with Crippen molar-refractivity contribution in [3.05, 3.63) is 29.8 Å². The van der Waals surface area contributed by atoms with Gasteiger partial charge in [-0.15, -0.1) is 0 Å². The lowest BCUT2D eigenvalue weighted by atomic mass is 9.92. The molecular formula is C14H15N3O. The molecule has 92 valence electrons. The van der Waals surface area contributed by atoms with E-state index in [2.05, 4.69) is 18.1 Å². The van der Waals surface area contributed by atoms with Gasteiger partial charge in [-0.25, -0.2) is 5.53 Å². The molecule has 3 rings (SSSR count). The van der Waals surface area contributed by atoms with Crippen LogP contribution in [0.3, 0.4) is 0 Å². The monoisotopic (exact) mass is 241 g/mol. The molecule has 0 saturated carbocycles. The largest absolute Gasteiger partial charge is 0.493 e. The summed E-state index contributed by atoms with van der Waals surface area (Å²) in [5.41, 5.74) is 10.5. The van der Waals surface area contributed by atoms with Crippen LogP contribution >= 0.6 is 0 Å². The highest BCUT2D eigenvalue weighted by Crippen LogP contribution is 2.47. The summed E-state index contributed by atoms with van der Waals surface area (Å²) < 4.78 is 1.86. The Morgan fingerprint density at radius 3 is 2.72 bits per heavy atom. The number of allylic oxidation sites excluding steroid dienone is 2. The van der Waals surface area contributed by atoms with Crippen LogP contribution in [-0.4, -0.2) is 9.67 Å². The van der Waals surface area contributed by atoms with Crippen molar-refractivity contribution in [1.82, 2.24) is 4.57 Å². The lowest BCUT2D eigenvalue weighted by Crippen LogP contribution is -2.26. The number of aromatic nitrogens is 1. The summed E-state index contributed by atoms with van der Waals surface area (Å²) in [6, 6.07) is 5.87. The van der Waals surface area contributed by atoms with E-state index < -0.39 is 0 Å². The maximum absolute atomic E-state index is 10.3. The molecule has 1 aliphatic heterocycles. The minimum Gasteiger partial charge on any atom is -0.493 e. The van der Waals surface area contributed by atoms with E-state index in [1.54, 1.807) is 0 Å².